The molecule has 0 saturated carbocycles. The molecule has 0 saturated heterocycles. The third-order valence-corrected chi connectivity index (χ3v) is 3.14. The van der Waals surface area contributed by atoms with E-state index in [4.69, 9.17) is 12.2 Å². The van der Waals surface area contributed by atoms with Gasteiger partial charge < -0.3 is 5.32 Å². The minimum absolute atomic E-state index is 0.801. The number of fused-ring (bicyclic) bond motifs is 1. The van der Waals surface area contributed by atoms with Crippen molar-refractivity contribution in [2.45, 2.75) is 0 Å². The van der Waals surface area contributed by atoms with Crippen molar-refractivity contribution < 1.29 is 0 Å². The summed E-state index contributed by atoms with van der Waals surface area (Å²) in [6.45, 7) is 0. The molecular weight excluding hydrogens is 226 g/mol. The van der Waals surface area contributed by atoms with Crippen molar-refractivity contribution in [2.75, 3.05) is 5.32 Å². The van der Waals surface area contributed by atoms with Crippen LogP contribution < -0.4 is 5.32 Å². The molecule has 0 atom stereocenters. The molecule has 1 aliphatic rings. The molecule has 1 heterocycles. The monoisotopic (exact) mass is 237 g/mol. The van der Waals surface area contributed by atoms with E-state index in [0.717, 1.165) is 16.2 Å². The molecule has 2 aromatic carbocycles. The van der Waals surface area contributed by atoms with Gasteiger partial charge in [0.15, 0.2) is 0 Å². The fourth-order valence-corrected chi connectivity index (χ4v) is 2.28. The van der Waals surface area contributed by atoms with Crippen molar-refractivity contribution in [3.63, 3.8) is 0 Å². The first-order chi connectivity index (χ1) is 8.34. The molecule has 1 aliphatic heterocycles. The first-order valence-corrected chi connectivity index (χ1v) is 5.93. The van der Waals surface area contributed by atoms with Crippen LogP contribution in [-0.4, -0.2) is 4.99 Å². The van der Waals surface area contributed by atoms with Crippen LogP contribution in [0.25, 0.3) is 11.6 Å². The fourth-order valence-electron chi connectivity index (χ4n) is 2.00. The Bertz CT molecular complexity index is 599. The molecule has 0 bridgehead atoms. The van der Waals surface area contributed by atoms with Gasteiger partial charge in [-0.2, -0.15) is 0 Å². The van der Waals surface area contributed by atoms with Crippen LogP contribution >= 0.6 is 12.2 Å². The van der Waals surface area contributed by atoms with Gasteiger partial charge in [0, 0.05) is 16.8 Å². The number of nitrogens with one attached hydrogen (secondary N) is 1. The Morgan fingerprint density at radius 2 is 1.59 bits per heavy atom. The Labute approximate surface area is 106 Å². The quantitative estimate of drug-likeness (QED) is 0.594. The zero-order valence-corrected chi connectivity index (χ0v) is 10.00. The van der Waals surface area contributed by atoms with E-state index in [-0.39, 0.29) is 0 Å². The van der Waals surface area contributed by atoms with Crippen LogP contribution in [0.4, 0.5) is 5.69 Å². The molecule has 0 aliphatic carbocycles. The molecule has 0 amide bonds. The number of para-hydroxylation sites is 1. The zero-order valence-electron chi connectivity index (χ0n) is 9.18. The van der Waals surface area contributed by atoms with Gasteiger partial charge in [0.2, 0.25) is 0 Å². The lowest BCUT2D eigenvalue weighted by Crippen LogP contribution is -2.00. The number of thiocarbonyl (C=S) groups is 1. The standard InChI is InChI=1S/C15H11NS/c17-15-13(10-11-6-2-1-3-7-11)12-8-4-5-9-14(12)16-15/h1-10H,(H,16,17)/b13-10+. The summed E-state index contributed by atoms with van der Waals surface area (Å²) in [5.74, 6) is 0. The lowest BCUT2D eigenvalue weighted by Gasteiger charge is -1.99. The number of hydrogen-bond acceptors (Lipinski definition) is 1. The highest BCUT2D eigenvalue weighted by Gasteiger charge is 2.19. The summed E-state index contributed by atoms with van der Waals surface area (Å²) in [6.07, 6.45) is 2.13. The molecule has 17 heavy (non-hydrogen) atoms. The van der Waals surface area contributed by atoms with E-state index in [2.05, 4.69) is 29.6 Å². The first-order valence-electron chi connectivity index (χ1n) is 5.52. The lowest BCUT2D eigenvalue weighted by atomic mass is 10.0. The molecule has 1 N–H and O–H groups in total. The molecule has 0 radical (unpaired) electrons. The van der Waals surface area contributed by atoms with Gasteiger partial charge in [-0.25, -0.2) is 0 Å². The second-order valence-electron chi connectivity index (χ2n) is 3.97. The predicted octanol–water partition coefficient (Wildman–Crippen LogP) is 3.98. The summed E-state index contributed by atoms with van der Waals surface area (Å²) in [4.78, 5) is 0.801. The van der Waals surface area contributed by atoms with Crippen molar-refractivity contribution in [1.82, 2.24) is 0 Å². The van der Waals surface area contributed by atoms with E-state index < -0.39 is 0 Å². The van der Waals surface area contributed by atoms with Gasteiger partial charge in [-0.05, 0) is 17.7 Å². The Morgan fingerprint density at radius 1 is 0.882 bits per heavy atom. The third kappa shape index (κ3) is 1.87. The van der Waals surface area contributed by atoms with Crippen LogP contribution in [0.5, 0.6) is 0 Å². The first kappa shape index (κ1) is 10.2. The largest absolute Gasteiger partial charge is 0.346 e. The van der Waals surface area contributed by atoms with E-state index in [0.29, 0.717) is 0 Å². The lowest BCUT2D eigenvalue weighted by molar-refractivity contribution is 1.64. The summed E-state index contributed by atoms with van der Waals surface area (Å²) < 4.78 is 0. The molecule has 0 fully saturated rings. The summed E-state index contributed by atoms with van der Waals surface area (Å²) >= 11 is 5.37. The van der Waals surface area contributed by atoms with Crippen molar-refractivity contribution >= 4 is 34.5 Å². The van der Waals surface area contributed by atoms with Crippen molar-refractivity contribution in [1.29, 1.82) is 0 Å². The van der Waals surface area contributed by atoms with Crippen LogP contribution in [0, 0.1) is 0 Å². The molecule has 0 spiro atoms. The Balaban J connectivity index is 2.10. The molecule has 1 nitrogen and oxygen atoms in total. The van der Waals surface area contributed by atoms with E-state index in [1.54, 1.807) is 0 Å². The molecule has 0 unspecified atom stereocenters. The van der Waals surface area contributed by atoms with Gasteiger partial charge >= 0.3 is 0 Å². The van der Waals surface area contributed by atoms with Crippen LogP contribution in [0.3, 0.4) is 0 Å². The highest BCUT2D eigenvalue weighted by atomic mass is 32.1. The van der Waals surface area contributed by atoms with Crippen LogP contribution in [0.2, 0.25) is 0 Å². The molecule has 2 aromatic rings. The second kappa shape index (κ2) is 4.15. The van der Waals surface area contributed by atoms with E-state index in [9.17, 15) is 0 Å². The smallest absolute Gasteiger partial charge is 0.111 e. The SMILES string of the molecule is S=C1Nc2ccccc2/C1=C\c1ccccc1. The van der Waals surface area contributed by atoms with Gasteiger partial charge in [-0.15, -0.1) is 0 Å². The van der Waals surface area contributed by atoms with Crippen molar-refractivity contribution in [2.24, 2.45) is 0 Å². The van der Waals surface area contributed by atoms with Gasteiger partial charge in [0.25, 0.3) is 0 Å². The summed E-state index contributed by atoms with van der Waals surface area (Å²) in [5.41, 5.74) is 4.55. The number of hydrogen-bond donors (Lipinski definition) is 1. The molecule has 3 rings (SSSR count). The minimum atomic E-state index is 0.801. The number of anilines is 1. The van der Waals surface area contributed by atoms with Crippen LogP contribution in [0.1, 0.15) is 11.1 Å². The van der Waals surface area contributed by atoms with Gasteiger partial charge in [0.05, 0.1) is 0 Å². The van der Waals surface area contributed by atoms with Crippen molar-refractivity contribution in [3.8, 4) is 0 Å². The minimum Gasteiger partial charge on any atom is -0.346 e. The number of rotatable bonds is 1. The topological polar surface area (TPSA) is 12.0 Å². The maximum atomic E-state index is 5.37. The average Bonchev–Trinajstić information content (AvgIpc) is 2.68. The average molecular weight is 237 g/mol. The van der Waals surface area contributed by atoms with E-state index >= 15 is 0 Å². The normalized spacial score (nSPS) is 15.8. The van der Waals surface area contributed by atoms with Crippen LogP contribution in [0.15, 0.2) is 54.6 Å². The van der Waals surface area contributed by atoms with Gasteiger partial charge in [-0.3, -0.25) is 0 Å². The summed E-state index contributed by atoms with van der Waals surface area (Å²) in [6, 6.07) is 18.4. The fraction of sp³-hybridized carbons (Fsp3) is 0. The predicted molar refractivity (Wildman–Crippen MR) is 77.0 cm³/mol. The third-order valence-electron chi connectivity index (χ3n) is 2.82. The van der Waals surface area contributed by atoms with Gasteiger partial charge in [0.1, 0.15) is 4.99 Å². The Morgan fingerprint density at radius 3 is 2.41 bits per heavy atom. The molecule has 2 heteroatoms. The molecule has 82 valence electrons. The summed E-state index contributed by atoms with van der Waals surface area (Å²) in [5, 5.41) is 3.23. The maximum absolute atomic E-state index is 5.37. The maximum Gasteiger partial charge on any atom is 0.111 e. The highest BCUT2D eigenvalue weighted by molar-refractivity contribution is 7.81. The second-order valence-corrected chi connectivity index (χ2v) is 4.38. The Kier molecular flexibility index (Phi) is 2.50. The zero-order chi connectivity index (χ0) is 11.7. The van der Waals surface area contributed by atoms with Gasteiger partial charge in [-0.1, -0.05) is 60.7 Å². The van der Waals surface area contributed by atoms with E-state index in [1.165, 1.54) is 11.1 Å². The Hall–Kier alpha value is -1.93. The number of benzene rings is 2. The van der Waals surface area contributed by atoms with Crippen molar-refractivity contribution in [3.05, 3.63) is 65.7 Å². The van der Waals surface area contributed by atoms with Crippen LogP contribution in [-0.2, 0) is 0 Å². The molecule has 0 aromatic heterocycles. The molecular formula is C15H11NS. The summed E-state index contributed by atoms with van der Waals surface area (Å²) in [7, 11) is 0. The van der Waals surface area contributed by atoms with E-state index in [1.807, 2.05) is 36.4 Å². The highest BCUT2D eigenvalue weighted by Crippen LogP contribution is 2.33.